The van der Waals surface area contributed by atoms with Crippen molar-refractivity contribution in [2.45, 2.75) is 19.6 Å². The van der Waals surface area contributed by atoms with Crippen molar-refractivity contribution < 1.29 is 14.6 Å². The van der Waals surface area contributed by atoms with Gasteiger partial charge in [-0.2, -0.15) is 0 Å². The lowest BCUT2D eigenvalue weighted by Gasteiger charge is -2.09. The second-order valence-corrected chi connectivity index (χ2v) is 7.02. The van der Waals surface area contributed by atoms with Crippen molar-refractivity contribution in [2.75, 3.05) is 18.5 Å². The van der Waals surface area contributed by atoms with Crippen molar-refractivity contribution in [1.29, 1.82) is 0 Å². The Morgan fingerprint density at radius 3 is 2.83 bits per heavy atom. The Bertz CT molecular complexity index is 1180. The first-order chi connectivity index (χ1) is 14.5. The number of hydrogen-bond acceptors (Lipinski definition) is 7. The maximum atomic E-state index is 13.8. The van der Waals surface area contributed by atoms with Gasteiger partial charge in [-0.05, 0) is 42.3 Å². The number of nitrogens with zero attached hydrogens (tertiary/aromatic N) is 5. The van der Waals surface area contributed by atoms with Crippen molar-refractivity contribution >= 4 is 17.0 Å². The van der Waals surface area contributed by atoms with Crippen LogP contribution in [0.4, 0.5) is 10.3 Å². The number of fused-ring (bicyclic) bond motifs is 1. The monoisotopic (exact) mass is 408 g/mol. The molecular weight excluding hydrogens is 387 g/mol. The average Bonchev–Trinajstić information content (AvgIpc) is 3.16. The maximum absolute atomic E-state index is 13.8. The number of aromatic nitrogens is 5. The van der Waals surface area contributed by atoms with Crippen LogP contribution < -0.4 is 5.32 Å². The smallest absolute Gasteiger partial charge is 0.223 e. The van der Waals surface area contributed by atoms with Crippen LogP contribution in [0.3, 0.4) is 0 Å². The van der Waals surface area contributed by atoms with E-state index in [4.69, 9.17) is 5.11 Å². The minimum absolute atomic E-state index is 0.146. The molecule has 3 N–H and O–H groups in total. The van der Waals surface area contributed by atoms with Crippen LogP contribution in [0.25, 0.3) is 22.3 Å². The quantitative estimate of drug-likeness (QED) is 0.430. The Morgan fingerprint density at radius 2 is 2.03 bits per heavy atom. The molecule has 0 radical (unpaired) electrons. The first kappa shape index (κ1) is 19.9. The van der Waals surface area contributed by atoms with Crippen LogP contribution in [-0.2, 0) is 6.54 Å². The number of anilines is 1. The highest BCUT2D eigenvalue weighted by Crippen LogP contribution is 2.23. The zero-order valence-corrected chi connectivity index (χ0v) is 16.3. The molecule has 0 saturated heterocycles. The average molecular weight is 408 g/mol. The fourth-order valence-corrected chi connectivity index (χ4v) is 3.03. The lowest BCUT2D eigenvalue weighted by atomic mass is 10.1. The van der Waals surface area contributed by atoms with Crippen LogP contribution in [-0.4, -0.2) is 54.4 Å². The highest BCUT2D eigenvalue weighted by atomic mass is 19.1. The summed E-state index contributed by atoms with van der Waals surface area (Å²) in [7, 11) is 0. The van der Waals surface area contributed by atoms with E-state index in [2.05, 4.69) is 25.6 Å². The fourth-order valence-electron chi connectivity index (χ4n) is 3.03. The van der Waals surface area contributed by atoms with E-state index in [-0.39, 0.29) is 19.0 Å². The summed E-state index contributed by atoms with van der Waals surface area (Å²) < 4.78 is 15.6. The molecule has 2 heterocycles. The molecular formula is C21H21FN6O2. The fraction of sp³-hybridized carbons (Fsp3) is 0.238. The van der Waals surface area contributed by atoms with Crippen LogP contribution >= 0.6 is 0 Å². The normalized spacial score (nSPS) is 12.3. The molecule has 2 aromatic carbocycles. The number of hydrogen-bond donors (Lipinski definition) is 3. The molecule has 0 aliphatic rings. The van der Waals surface area contributed by atoms with Crippen molar-refractivity contribution in [3.63, 3.8) is 0 Å². The SMILES string of the molecule is Cc1ccc(Cn2nnc3cc(-c4ccnc(NC[C@@H](O)CO)n4)ccc32)cc1F. The predicted molar refractivity (Wildman–Crippen MR) is 110 cm³/mol. The van der Waals surface area contributed by atoms with Gasteiger partial charge in [0.15, 0.2) is 0 Å². The minimum atomic E-state index is -0.884. The van der Waals surface area contributed by atoms with Gasteiger partial charge >= 0.3 is 0 Å². The van der Waals surface area contributed by atoms with Gasteiger partial charge in [0.2, 0.25) is 5.95 Å². The number of aliphatic hydroxyl groups is 2. The lowest BCUT2D eigenvalue weighted by molar-refractivity contribution is 0.105. The van der Waals surface area contributed by atoms with Gasteiger partial charge in [-0.25, -0.2) is 19.0 Å². The second-order valence-electron chi connectivity index (χ2n) is 7.02. The zero-order valence-electron chi connectivity index (χ0n) is 16.3. The Morgan fingerprint density at radius 1 is 1.17 bits per heavy atom. The lowest BCUT2D eigenvalue weighted by Crippen LogP contribution is -2.23. The van der Waals surface area contributed by atoms with Crippen molar-refractivity contribution in [3.8, 4) is 11.3 Å². The molecule has 0 amide bonds. The molecule has 0 unspecified atom stereocenters. The number of rotatable bonds is 7. The van der Waals surface area contributed by atoms with E-state index >= 15 is 0 Å². The predicted octanol–water partition coefficient (Wildman–Crippen LogP) is 2.15. The number of aryl methyl sites for hydroxylation is 1. The third kappa shape index (κ3) is 4.27. The first-order valence-corrected chi connectivity index (χ1v) is 9.48. The van der Waals surface area contributed by atoms with E-state index in [0.29, 0.717) is 29.3 Å². The minimum Gasteiger partial charge on any atom is -0.394 e. The summed E-state index contributed by atoms with van der Waals surface area (Å²) in [6.07, 6.45) is 0.730. The van der Waals surface area contributed by atoms with Crippen LogP contribution in [0.1, 0.15) is 11.1 Å². The summed E-state index contributed by atoms with van der Waals surface area (Å²) in [6.45, 7) is 1.96. The third-order valence-corrected chi connectivity index (χ3v) is 4.74. The second kappa shape index (κ2) is 8.52. The number of aliphatic hydroxyl groups excluding tert-OH is 2. The van der Waals surface area contributed by atoms with E-state index in [1.54, 1.807) is 29.9 Å². The molecule has 4 rings (SSSR count). The first-order valence-electron chi connectivity index (χ1n) is 9.48. The van der Waals surface area contributed by atoms with Gasteiger partial charge in [0, 0.05) is 18.3 Å². The molecule has 9 heteroatoms. The van der Waals surface area contributed by atoms with Crippen LogP contribution in [0, 0.1) is 12.7 Å². The summed E-state index contributed by atoms with van der Waals surface area (Å²) in [6, 6.07) is 12.6. The molecule has 1 atom stereocenters. The standard InChI is InChI=1S/C21H21FN6O2/c1-13-2-3-14(8-17(13)22)11-28-20-5-4-15(9-19(20)26-27-28)18-6-7-23-21(25-18)24-10-16(30)12-29/h2-9,16,29-30H,10-12H2,1H3,(H,23,24,25)/t16-/m1/s1. The topological polar surface area (TPSA) is 109 Å². The highest BCUT2D eigenvalue weighted by Gasteiger charge is 2.10. The Labute approximate surface area is 172 Å². The molecule has 30 heavy (non-hydrogen) atoms. The van der Waals surface area contributed by atoms with Gasteiger partial charge in [0.1, 0.15) is 11.3 Å². The zero-order chi connectivity index (χ0) is 21.1. The van der Waals surface area contributed by atoms with E-state index < -0.39 is 6.10 Å². The summed E-state index contributed by atoms with van der Waals surface area (Å²) in [4.78, 5) is 8.56. The summed E-state index contributed by atoms with van der Waals surface area (Å²) >= 11 is 0. The van der Waals surface area contributed by atoms with Crippen molar-refractivity contribution in [3.05, 3.63) is 65.6 Å². The molecule has 0 aliphatic heterocycles. The van der Waals surface area contributed by atoms with E-state index in [1.165, 1.54) is 6.07 Å². The van der Waals surface area contributed by atoms with E-state index in [9.17, 15) is 9.50 Å². The van der Waals surface area contributed by atoms with Gasteiger partial charge in [-0.1, -0.05) is 23.4 Å². The summed E-state index contributed by atoms with van der Waals surface area (Å²) in [5, 5.41) is 29.7. The molecule has 0 saturated carbocycles. The van der Waals surface area contributed by atoms with E-state index in [0.717, 1.165) is 16.6 Å². The molecule has 154 valence electrons. The van der Waals surface area contributed by atoms with Crippen LogP contribution in [0.2, 0.25) is 0 Å². The molecule has 0 spiro atoms. The molecule has 0 aliphatic carbocycles. The Kier molecular flexibility index (Phi) is 5.64. The molecule has 4 aromatic rings. The van der Waals surface area contributed by atoms with Gasteiger partial charge in [0.05, 0.1) is 30.5 Å². The number of halogens is 1. The number of nitrogens with one attached hydrogen (secondary N) is 1. The Balaban J connectivity index is 1.57. The third-order valence-electron chi connectivity index (χ3n) is 4.74. The highest BCUT2D eigenvalue weighted by molar-refractivity contribution is 5.80. The van der Waals surface area contributed by atoms with Gasteiger partial charge in [-0.15, -0.1) is 5.10 Å². The molecule has 0 fully saturated rings. The van der Waals surface area contributed by atoms with Crippen LogP contribution in [0.15, 0.2) is 48.7 Å². The Hall–Kier alpha value is -3.43. The summed E-state index contributed by atoms with van der Waals surface area (Å²) in [5.41, 5.74) is 4.47. The van der Waals surface area contributed by atoms with Crippen molar-refractivity contribution in [2.24, 2.45) is 0 Å². The van der Waals surface area contributed by atoms with Gasteiger partial charge < -0.3 is 15.5 Å². The molecule has 0 bridgehead atoms. The van der Waals surface area contributed by atoms with Gasteiger partial charge in [-0.3, -0.25) is 0 Å². The summed E-state index contributed by atoms with van der Waals surface area (Å²) in [5.74, 6) is 0.115. The maximum Gasteiger partial charge on any atom is 0.223 e. The number of benzene rings is 2. The van der Waals surface area contributed by atoms with E-state index in [1.807, 2.05) is 24.3 Å². The van der Waals surface area contributed by atoms with Crippen molar-refractivity contribution in [1.82, 2.24) is 25.0 Å². The molecule has 2 aromatic heterocycles. The van der Waals surface area contributed by atoms with Crippen LogP contribution in [0.5, 0.6) is 0 Å². The molecule has 8 nitrogen and oxygen atoms in total. The van der Waals surface area contributed by atoms with Gasteiger partial charge in [0.25, 0.3) is 0 Å². The largest absolute Gasteiger partial charge is 0.394 e.